The summed E-state index contributed by atoms with van der Waals surface area (Å²) in [6, 6.07) is 8.04. The lowest BCUT2D eigenvalue weighted by molar-refractivity contribution is 0.317. The van der Waals surface area contributed by atoms with Gasteiger partial charge in [-0.05, 0) is 46.6 Å². The van der Waals surface area contributed by atoms with E-state index in [1.165, 1.54) is 0 Å². The summed E-state index contributed by atoms with van der Waals surface area (Å²) in [5, 5.41) is 2.03. The Morgan fingerprint density at radius 3 is 2.62 bits per heavy atom. The number of benzene rings is 1. The lowest BCUT2D eigenvalue weighted by Crippen LogP contribution is -1.94. The third-order valence-electron chi connectivity index (χ3n) is 2.10. The van der Waals surface area contributed by atoms with Gasteiger partial charge in [-0.15, -0.1) is 11.3 Å². The van der Waals surface area contributed by atoms with Crippen LogP contribution in [0.5, 0.6) is 5.75 Å². The van der Waals surface area contributed by atoms with Crippen molar-refractivity contribution in [2.75, 3.05) is 6.61 Å². The van der Waals surface area contributed by atoms with Crippen LogP contribution in [0.15, 0.2) is 33.6 Å². The molecule has 2 rings (SSSR count). The van der Waals surface area contributed by atoms with Gasteiger partial charge < -0.3 is 4.74 Å². The van der Waals surface area contributed by atoms with E-state index in [1.807, 2.05) is 29.6 Å². The second-order valence-electron chi connectivity index (χ2n) is 3.36. The van der Waals surface area contributed by atoms with Crippen LogP contribution in [0.3, 0.4) is 0 Å². The monoisotopic (exact) mass is 297 g/mol. The number of rotatable bonds is 4. The van der Waals surface area contributed by atoms with Crippen LogP contribution in [0.2, 0.25) is 0 Å². The van der Waals surface area contributed by atoms with E-state index in [2.05, 4.69) is 27.8 Å². The van der Waals surface area contributed by atoms with E-state index in [9.17, 15) is 0 Å². The van der Waals surface area contributed by atoms with Gasteiger partial charge in [-0.25, -0.2) is 4.98 Å². The Morgan fingerprint density at radius 2 is 2.06 bits per heavy atom. The first-order valence-corrected chi connectivity index (χ1v) is 6.81. The zero-order valence-corrected chi connectivity index (χ0v) is 11.3. The number of thiazole rings is 1. The molecule has 1 heterocycles. The van der Waals surface area contributed by atoms with Gasteiger partial charge in [-0.3, -0.25) is 0 Å². The van der Waals surface area contributed by atoms with E-state index >= 15 is 0 Å². The molecule has 0 fully saturated rings. The molecule has 4 heteroatoms. The van der Waals surface area contributed by atoms with Gasteiger partial charge in [0, 0.05) is 10.9 Å². The molecule has 0 aliphatic carbocycles. The Labute approximate surface area is 107 Å². The van der Waals surface area contributed by atoms with Crippen LogP contribution in [-0.4, -0.2) is 11.6 Å². The Kier molecular flexibility index (Phi) is 3.96. The van der Waals surface area contributed by atoms with Crippen molar-refractivity contribution in [3.8, 4) is 17.0 Å². The Hall–Kier alpha value is -0.870. The van der Waals surface area contributed by atoms with E-state index in [0.29, 0.717) is 0 Å². The fourth-order valence-corrected chi connectivity index (χ4v) is 2.35. The smallest absolute Gasteiger partial charge is 0.159 e. The molecule has 84 valence electrons. The SMILES string of the molecule is CCCOc1ccc(-c2csc(Br)n2)cc1. The van der Waals surface area contributed by atoms with Gasteiger partial charge in [-0.2, -0.15) is 0 Å². The van der Waals surface area contributed by atoms with E-state index in [-0.39, 0.29) is 0 Å². The predicted molar refractivity (Wildman–Crippen MR) is 71.0 cm³/mol. The molecule has 0 N–H and O–H groups in total. The summed E-state index contributed by atoms with van der Waals surface area (Å²) in [4.78, 5) is 4.37. The molecule has 1 aromatic heterocycles. The van der Waals surface area contributed by atoms with Gasteiger partial charge in [0.1, 0.15) is 5.75 Å². The number of ether oxygens (including phenoxy) is 1. The summed E-state index contributed by atoms with van der Waals surface area (Å²) in [6.45, 7) is 2.86. The van der Waals surface area contributed by atoms with E-state index in [4.69, 9.17) is 4.74 Å². The van der Waals surface area contributed by atoms with E-state index < -0.39 is 0 Å². The average molecular weight is 298 g/mol. The van der Waals surface area contributed by atoms with Crippen LogP contribution in [0.25, 0.3) is 11.3 Å². The molecule has 0 aliphatic heterocycles. The summed E-state index contributed by atoms with van der Waals surface area (Å²) in [5.74, 6) is 0.917. The lowest BCUT2D eigenvalue weighted by atomic mass is 10.2. The molecule has 0 bridgehead atoms. The number of aromatic nitrogens is 1. The van der Waals surface area contributed by atoms with Crippen molar-refractivity contribution in [3.63, 3.8) is 0 Å². The summed E-state index contributed by atoms with van der Waals surface area (Å²) in [6.07, 6.45) is 1.03. The number of hydrogen-bond acceptors (Lipinski definition) is 3. The van der Waals surface area contributed by atoms with Crippen molar-refractivity contribution in [2.24, 2.45) is 0 Å². The highest BCUT2D eigenvalue weighted by molar-refractivity contribution is 9.11. The van der Waals surface area contributed by atoms with Crippen molar-refractivity contribution >= 4 is 27.3 Å². The molecule has 2 nitrogen and oxygen atoms in total. The van der Waals surface area contributed by atoms with Crippen molar-refractivity contribution in [3.05, 3.63) is 33.6 Å². The summed E-state index contributed by atoms with van der Waals surface area (Å²) in [7, 11) is 0. The first kappa shape index (κ1) is 11.6. The highest BCUT2D eigenvalue weighted by Crippen LogP contribution is 2.26. The fourth-order valence-electron chi connectivity index (χ4n) is 1.33. The minimum atomic E-state index is 0.765. The Balaban J connectivity index is 2.13. The minimum absolute atomic E-state index is 0.765. The zero-order chi connectivity index (χ0) is 11.4. The quantitative estimate of drug-likeness (QED) is 0.836. The topological polar surface area (TPSA) is 22.1 Å². The second kappa shape index (κ2) is 5.46. The average Bonchev–Trinajstić information content (AvgIpc) is 2.74. The first-order valence-electron chi connectivity index (χ1n) is 5.14. The molecule has 0 saturated heterocycles. The van der Waals surface area contributed by atoms with Gasteiger partial charge in [0.15, 0.2) is 3.92 Å². The number of hydrogen-bond donors (Lipinski definition) is 0. The third kappa shape index (κ3) is 2.83. The summed E-state index contributed by atoms with van der Waals surface area (Å²) < 4.78 is 6.44. The molecule has 0 aliphatic rings. The van der Waals surface area contributed by atoms with Crippen LogP contribution in [0.1, 0.15) is 13.3 Å². The Bertz CT molecular complexity index is 452. The van der Waals surface area contributed by atoms with Crippen LogP contribution in [0.4, 0.5) is 0 Å². The third-order valence-corrected chi connectivity index (χ3v) is 3.46. The molecule has 0 spiro atoms. The maximum atomic E-state index is 5.52. The largest absolute Gasteiger partial charge is 0.494 e. The predicted octanol–water partition coefficient (Wildman–Crippen LogP) is 4.36. The Morgan fingerprint density at radius 1 is 1.31 bits per heavy atom. The lowest BCUT2D eigenvalue weighted by Gasteiger charge is -2.04. The van der Waals surface area contributed by atoms with Crippen LogP contribution in [-0.2, 0) is 0 Å². The van der Waals surface area contributed by atoms with Gasteiger partial charge in [0.25, 0.3) is 0 Å². The van der Waals surface area contributed by atoms with E-state index in [0.717, 1.165) is 34.0 Å². The molecule has 0 unspecified atom stereocenters. The minimum Gasteiger partial charge on any atom is -0.494 e. The van der Waals surface area contributed by atoms with Gasteiger partial charge in [0.05, 0.1) is 12.3 Å². The molecular weight excluding hydrogens is 286 g/mol. The van der Waals surface area contributed by atoms with Crippen molar-refractivity contribution < 1.29 is 4.74 Å². The zero-order valence-electron chi connectivity index (χ0n) is 8.94. The molecule has 0 atom stereocenters. The molecule has 16 heavy (non-hydrogen) atoms. The second-order valence-corrected chi connectivity index (χ2v) is 5.49. The van der Waals surface area contributed by atoms with Crippen molar-refractivity contribution in [2.45, 2.75) is 13.3 Å². The summed E-state index contributed by atoms with van der Waals surface area (Å²) in [5.41, 5.74) is 2.12. The standard InChI is InChI=1S/C12H12BrNOS/c1-2-7-15-10-5-3-9(4-6-10)11-8-16-12(13)14-11/h3-6,8H,2,7H2,1H3. The van der Waals surface area contributed by atoms with Gasteiger partial charge in [-0.1, -0.05) is 6.92 Å². The number of halogens is 1. The summed E-state index contributed by atoms with van der Waals surface area (Å²) >= 11 is 4.95. The van der Waals surface area contributed by atoms with Crippen molar-refractivity contribution in [1.29, 1.82) is 0 Å². The van der Waals surface area contributed by atoms with Crippen LogP contribution < -0.4 is 4.74 Å². The normalized spacial score (nSPS) is 10.4. The molecule has 0 radical (unpaired) electrons. The molecule has 0 amide bonds. The van der Waals surface area contributed by atoms with Gasteiger partial charge in [0.2, 0.25) is 0 Å². The molecule has 0 saturated carbocycles. The fraction of sp³-hybridized carbons (Fsp3) is 0.250. The van der Waals surface area contributed by atoms with Crippen molar-refractivity contribution in [1.82, 2.24) is 4.98 Å². The molecule has 2 aromatic rings. The van der Waals surface area contributed by atoms with Gasteiger partial charge >= 0.3 is 0 Å². The first-order chi connectivity index (χ1) is 7.79. The highest BCUT2D eigenvalue weighted by Gasteiger charge is 2.02. The molecular formula is C12H12BrNOS. The molecule has 1 aromatic carbocycles. The van der Waals surface area contributed by atoms with E-state index in [1.54, 1.807) is 11.3 Å². The van der Waals surface area contributed by atoms with Crippen LogP contribution >= 0.6 is 27.3 Å². The maximum Gasteiger partial charge on any atom is 0.159 e. The van der Waals surface area contributed by atoms with Crippen LogP contribution in [0, 0.1) is 0 Å². The maximum absolute atomic E-state index is 5.52. The number of nitrogens with zero attached hydrogens (tertiary/aromatic N) is 1. The highest BCUT2D eigenvalue weighted by atomic mass is 79.9.